The first-order chi connectivity index (χ1) is 43.9. The summed E-state index contributed by atoms with van der Waals surface area (Å²) in [6, 6.07) is 0. The van der Waals surface area contributed by atoms with Crippen LogP contribution in [0.25, 0.3) is 0 Å². The van der Waals surface area contributed by atoms with Gasteiger partial charge in [0.05, 0.1) is 26.4 Å². The van der Waals surface area contributed by atoms with Gasteiger partial charge in [-0.1, -0.05) is 318 Å². The fourth-order valence-electron chi connectivity index (χ4n) is 10.9. The number of hydrogen-bond acceptors (Lipinski definition) is 15. The molecular formula is C72H140O17P2. The highest BCUT2D eigenvalue weighted by atomic mass is 31.2. The highest BCUT2D eigenvalue weighted by Crippen LogP contribution is 2.45. The first-order valence-corrected chi connectivity index (χ1v) is 40.5. The summed E-state index contributed by atoms with van der Waals surface area (Å²) in [4.78, 5) is 72.6. The number of carbonyl (C=O) groups excluding carboxylic acids is 4. The lowest BCUT2D eigenvalue weighted by molar-refractivity contribution is -0.161. The van der Waals surface area contributed by atoms with E-state index in [1.165, 1.54) is 186 Å². The second-order valence-electron chi connectivity index (χ2n) is 26.9. The Morgan fingerprint density at radius 1 is 0.297 bits per heavy atom. The number of phosphoric acid groups is 2. The maximum absolute atomic E-state index is 13.0. The molecule has 0 saturated carbocycles. The van der Waals surface area contributed by atoms with E-state index < -0.39 is 97.5 Å². The third-order valence-corrected chi connectivity index (χ3v) is 18.6. The Labute approximate surface area is 556 Å². The van der Waals surface area contributed by atoms with Gasteiger partial charge in [-0.2, -0.15) is 0 Å². The molecule has 0 bridgehead atoms. The smallest absolute Gasteiger partial charge is 0.462 e. The zero-order valence-electron chi connectivity index (χ0n) is 59.1. The number of esters is 4. The molecule has 0 aliphatic heterocycles. The third-order valence-electron chi connectivity index (χ3n) is 16.7. The van der Waals surface area contributed by atoms with Crippen molar-refractivity contribution in [2.75, 3.05) is 39.6 Å². The summed E-state index contributed by atoms with van der Waals surface area (Å²) in [5.41, 5.74) is 0. The van der Waals surface area contributed by atoms with Crippen LogP contribution in [0.4, 0.5) is 0 Å². The quantitative estimate of drug-likeness (QED) is 0.0222. The molecule has 19 heteroatoms. The molecule has 0 spiro atoms. The number of ether oxygens (including phenoxy) is 4. The van der Waals surface area contributed by atoms with Gasteiger partial charge in [0, 0.05) is 25.7 Å². The monoisotopic (exact) mass is 1340 g/mol. The van der Waals surface area contributed by atoms with Crippen molar-refractivity contribution in [3.63, 3.8) is 0 Å². The molecule has 0 aliphatic rings. The van der Waals surface area contributed by atoms with Crippen molar-refractivity contribution in [3.8, 4) is 0 Å². The van der Waals surface area contributed by atoms with Crippen LogP contribution < -0.4 is 0 Å². The van der Waals surface area contributed by atoms with Gasteiger partial charge in [0.2, 0.25) is 0 Å². The fraction of sp³-hybridized carbons (Fsp3) is 0.944. The lowest BCUT2D eigenvalue weighted by atomic mass is 10.0. The number of hydrogen-bond donors (Lipinski definition) is 3. The molecule has 5 atom stereocenters. The Kier molecular flexibility index (Phi) is 62.7. The van der Waals surface area contributed by atoms with Gasteiger partial charge in [-0.05, 0) is 37.5 Å². The van der Waals surface area contributed by atoms with Crippen molar-refractivity contribution >= 4 is 39.5 Å². The van der Waals surface area contributed by atoms with Gasteiger partial charge in [0.25, 0.3) is 0 Å². The Balaban J connectivity index is 5.22. The standard InChI is InChI=1S/C72H140O17P2/c1-7-9-11-13-15-17-23-32-38-44-50-56-71(76)88-67(60-82-69(74)54-48-42-36-28-16-14-12-10-8-2)62-86-90(78,79)84-58-66(73)59-85-91(80,81)87-63-68(61-83-70(75)55-49-43-37-31-27-26-30-35-41-47-53-65(5)6)89-72(77)57-51-45-39-33-25-22-20-18-19-21-24-29-34-40-46-52-64(3)4/h64-68,73H,7-63H2,1-6H3,(H,78,79)(H,80,81)/t66-,67+,68+/m0/s1. The van der Waals surface area contributed by atoms with Crippen molar-refractivity contribution in [2.24, 2.45) is 11.8 Å². The predicted molar refractivity (Wildman–Crippen MR) is 368 cm³/mol. The maximum Gasteiger partial charge on any atom is 0.472 e. The van der Waals surface area contributed by atoms with Crippen LogP contribution in [-0.2, 0) is 65.4 Å². The van der Waals surface area contributed by atoms with Gasteiger partial charge in [-0.3, -0.25) is 37.3 Å². The lowest BCUT2D eigenvalue weighted by Gasteiger charge is -2.21. The molecule has 0 amide bonds. The van der Waals surface area contributed by atoms with Crippen LogP contribution in [0.1, 0.15) is 369 Å². The molecule has 17 nitrogen and oxygen atoms in total. The summed E-state index contributed by atoms with van der Waals surface area (Å²) in [6.07, 6.45) is 49.9. The van der Waals surface area contributed by atoms with Crippen molar-refractivity contribution in [1.29, 1.82) is 0 Å². The van der Waals surface area contributed by atoms with Crippen LogP contribution in [0.3, 0.4) is 0 Å². The summed E-state index contributed by atoms with van der Waals surface area (Å²) in [5, 5.41) is 10.6. The van der Waals surface area contributed by atoms with Crippen LogP contribution in [0, 0.1) is 11.8 Å². The molecule has 0 aromatic carbocycles. The van der Waals surface area contributed by atoms with Crippen LogP contribution >= 0.6 is 15.6 Å². The first-order valence-electron chi connectivity index (χ1n) is 37.5. The first kappa shape index (κ1) is 89.1. The average molecular weight is 1340 g/mol. The van der Waals surface area contributed by atoms with Gasteiger partial charge < -0.3 is 33.8 Å². The second-order valence-corrected chi connectivity index (χ2v) is 29.8. The zero-order valence-corrected chi connectivity index (χ0v) is 60.9. The summed E-state index contributed by atoms with van der Waals surface area (Å²) >= 11 is 0. The largest absolute Gasteiger partial charge is 0.472 e. The molecular weight excluding hydrogens is 1200 g/mol. The summed E-state index contributed by atoms with van der Waals surface area (Å²) < 4.78 is 68.3. The summed E-state index contributed by atoms with van der Waals surface area (Å²) in [7, 11) is -9.90. The SMILES string of the molecule is CCCCCCCCCCCCCC(=O)O[C@H](COC(=O)CCCCCCCCCCC)COP(=O)(O)OC[C@H](O)COP(=O)(O)OC[C@@H](COC(=O)CCCCCCCCCCCCC(C)C)OC(=O)CCCCCCCCCCCCCCCCCC(C)C. The van der Waals surface area contributed by atoms with Gasteiger partial charge >= 0.3 is 39.5 Å². The van der Waals surface area contributed by atoms with Gasteiger partial charge in [0.15, 0.2) is 12.2 Å². The van der Waals surface area contributed by atoms with E-state index in [4.69, 9.17) is 37.0 Å². The number of carbonyl (C=O) groups is 4. The molecule has 0 rings (SSSR count). The molecule has 2 unspecified atom stereocenters. The normalized spacial score (nSPS) is 14.1. The molecule has 0 aliphatic carbocycles. The minimum Gasteiger partial charge on any atom is -0.462 e. The number of rotatable bonds is 71. The van der Waals surface area contributed by atoms with E-state index >= 15 is 0 Å². The number of unbranched alkanes of at least 4 members (excludes halogenated alkanes) is 41. The molecule has 91 heavy (non-hydrogen) atoms. The van der Waals surface area contributed by atoms with Crippen molar-refractivity contribution in [2.45, 2.75) is 387 Å². The molecule has 0 aromatic rings. The van der Waals surface area contributed by atoms with Crippen molar-refractivity contribution in [1.82, 2.24) is 0 Å². The Morgan fingerprint density at radius 3 is 0.747 bits per heavy atom. The van der Waals surface area contributed by atoms with Gasteiger partial charge in [-0.25, -0.2) is 9.13 Å². The van der Waals surface area contributed by atoms with Crippen LogP contribution in [0.2, 0.25) is 0 Å². The van der Waals surface area contributed by atoms with Gasteiger partial charge in [-0.15, -0.1) is 0 Å². The molecule has 0 fully saturated rings. The van der Waals surface area contributed by atoms with E-state index in [0.717, 1.165) is 102 Å². The van der Waals surface area contributed by atoms with Crippen LogP contribution in [0.15, 0.2) is 0 Å². The topological polar surface area (TPSA) is 237 Å². The van der Waals surface area contributed by atoms with E-state index in [-0.39, 0.29) is 25.7 Å². The van der Waals surface area contributed by atoms with Crippen LogP contribution in [-0.4, -0.2) is 96.7 Å². The molecule has 3 N–H and O–H groups in total. The zero-order chi connectivity index (χ0) is 67.2. The van der Waals surface area contributed by atoms with Crippen LogP contribution in [0.5, 0.6) is 0 Å². The maximum atomic E-state index is 13.0. The Hall–Kier alpha value is -1.94. The van der Waals surface area contributed by atoms with E-state index in [1.807, 2.05) is 0 Å². The molecule has 0 heterocycles. The average Bonchev–Trinajstić information content (AvgIpc) is 2.28. The van der Waals surface area contributed by atoms with E-state index in [2.05, 4.69) is 41.5 Å². The molecule has 0 aromatic heterocycles. The van der Waals surface area contributed by atoms with Crippen molar-refractivity contribution in [3.05, 3.63) is 0 Å². The highest BCUT2D eigenvalue weighted by molar-refractivity contribution is 7.47. The van der Waals surface area contributed by atoms with Crippen molar-refractivity contribution < 1.29 is 80.2 Å². The van der Waals surface area contributed by atoms with E-state index in [0.29, 0.717) is 25.7 Å². The number of aliphatic hydroxyl groups is 1. The highest BCUT2D eigenvalue weighted by Gasteiger charge is 2.30. The number of aliphatic hydroxyl groups excluding tert-OH is 1. The molecule has 540 valence electrons. The predicted octanol–water partition coefficient (Wildman–Crippen LogP) is 20.8. The van der Waals surface area contributed by atoms with Gasteiger partial charge in [0.1, 0.15) is 19.3 Å². The lowest BCUT2D eigenvalue weighted by Crippen LogP contribution is -2.30. The second kappa shape index (κ2) is 64.1. The van der Waals surface area contributed by atoms with E-state index in [9.17, 15) is 43.2 Å². The minimum absolute atomic E-state index is 0.107. The fourth-order valence-corrected chi connectivity index (χ4v) is 12.5. The molecule has 0 radical (unpaired) electrons. The Morgan fingerprint density at radius 2 is 0.505 bits per heavy atom. The van der Waals surface area contributed by atoms with E-state index in [1.54, 1.807) is 0 Å². The minimum atomic E-state index is -4.95. The molecule has 0 saturated heterocycles. The number of phosphoric ester groups is 2. The Bertz CT molecular complexity index is 1770. The summed E-state index contributed by atoms with van der Waals surface area (Å²) in [5.74, 6) is -0.560. The summed E-state index contributed by atoms with van der Waals surface area (Å²) in [6.45, 7) is 9.57. The third kappa shape index (κ3) is 66.5.